The van der Waals surface area contributed by atoms with Crippen molar-refractivity contribution in [3.05, 3.63) is 34.9 Å². The van der Waals surface area contributed by atoms with Crippen molar-refractivity contribution >= 4 is 17.8 Å². The van der Waals surface area contributed by atoms with E-state index in [1.54, 1.807) is 17.9 Å². The maximum Gasteiger partial charge on any atom is 0.335 e. The Balaban J connectivity index is 2.13. The van der Waals surface area contributed by atoms with Crippen LogP contribution in [0.1, 0.15) is 46.5 Å². The zero-order chi connectivity index (χ0) is 16.4. The SMILES string of the molecule is Cc1cc(C(=O)O)cc(C(=O)NC2CCN(C(C)C)C2=O)c1. The molecule has 1 aliphatic heterocycles. The van der Waals surface area contributed by atoms with E-state index < -0.39 is 17.9 Å². The van der Waals surface area contributed by atoms with Gasteiger partial charge in [0.1, 0.15) is 6.04 Å². The van der Waals surface area contributed by atoms with Crippen LogP contribution in [0.15, 0.2) is 18.2 Å². The van der Waals surface area contributed by atoms with Crippen molar-refractivity contribution in [1.82, 2.24) is 10.2 Å². The number of hydrogen-bond acceptors (Lipinski definition) is 3. The van der Waals surface area contributed by atoms with Crippen molar-refractivity contribution in [2.24, 2.45) is 0 Å². The Labute approximate surface area is 129 Å². The number of carboxylic acid groups (broad SMARTS) is 1. The summed E-state index contributed by atoms with van der Waals surface area (Å²) >= 11 is 0. The standard InChI is InChI=1S/C16H20N2O4/c1-9(2)18-5-4-13(15(18)20)17-14(19)11-6-10(3)7-12(8-11)16(21)22/h6-9,13H,4-5H2,1-3H3,(H,17,19)(H,21,22). The minimum atomic E-state index is -1.08. The minimum Gasteiger partial charge on any atom is -0.478 e. The number of aromatic carboxylic acids is 1. The van der Waals surface area contributed by atoms with Crippen molar-refractivity contribution in [3.8, 4) is 0 Å². The molecule has 0 saturated carbocycles. The first kappa shape index (κ1) is 16.0. The monoisotopic (exact) mass is 304 g/mol. The number of carboxylic acids is 1. The maximum atomic E-state index is 12.3. The van der Waals surface area contributed by atoms with Crippen molar-refractivity contribution in [2.45, 2.75) is 39.3 Å². The van der Waals surface area contributed by atoms with Crippen LogP contribution < -0.4 is 5.32 Å². The van der Waals surface area contributed by atoms with Crippen molar-refractivity contribution in [2.75, 3.05) is 6.54 Å². The van der Waals surface area contributed by atoms with Gasteiger partial charge in [0.25, 0.3) is 5.91 Å². The Morgan fingerprint density at radius 1 is 1.27 bits per heavy atom. The summed E-state index contributed by atoms with van der Waals surface area (Å²) in [5.74, 6) is -1.59. The first-order valence-corrected chi connectivity index (χ1v) is 7.26. The number of likely N-dealkylation sites (tertiary alicyclic amines) is 1. The van der Waals surface area contributed by atoms with Crippen molar-refractivity contribution < 1.29 is 19.5 Å². The molecule has 1 aromatic carbocycles. The van der Waals surface area contributed by atoms with Gasteiger partial charge in [-0.2, -0.15) is 0 Å². The van der Waals surface area contributed by atoms with Crippen LogP contribution in [0.2, 0.25) is 0 Å². The molecule has 118 valence electrons. The number of rotatable bonds is 4. The molecule has 0 aliphatic carbocycles. The molecule has 1 unspecified atom stereocenters. The van der Waals surface area contributed by atoms with Crippen LogP contribution in [-0.4, -0.2) is 46.4 Å². The van der Waals surface area contributed by atoms with Gasteiger partial charge in [-0.05, 0) is 51.0 Å². The third kappa shape index (κ3) is 3.27. The van der Waals surface area contributed by atoms with Gasteiger partial charge in [0, 0.05) is 18.2 Å². The van der Waals surface area contributed by atoms with Crippen LogP contribution in [0.4, 0.5) is 0 Å². The van der Waals surface area contributed by atoms with E-state index in [0.29, 0.717) is 18.5 Å². The predicted octanol–water partition coefficient (Wildman–Crippen LogP) is 1.43. The quantitative estimate of drug-likeness (QED) is 0.881. The first-order valence-electron chi connectivity index (χ1n) is 7.26. The van der Waals surface area contributed by atoms with Crippen LogP contribution in [0.3, 0.4) is 0 Å². The van der Waals surface area contributed by atoms with Gasteiger partial charge in [-0.1, -0.05) is 0 Å². The minimum absolute atomic E-state index is 0.0618. The maximum absolute atomic E-state index is 12.3. The Morgan fingerprint density at radius 3 is 2.45 bits per heavy atom. The van der Waals surface area contributed by atoms with Crippen LogP contribution in [0, 0.1) is 6.92 Å². The number of amides is 2. The zero-order valence-electron chi connectivity index (χ0n) is 12.9. The molecule has 6 nitrogen and oxygen atoms in total. The molecule has 2 amide bonds. The van der Waals surface area contributed by atoms with E-state index in [1.807, 2.05) is 13.8 Å². The predicted molar refractivity (Wildman–Crippen MR) is 80.9 cm³/mol. The molecule has 0 aromatic heterocycles. The molecule has 1 fully saturated rings. The Hall–Kier alpha value is -2.37. The molecule has 2 rings (SSSR count). The van der Waals surface area contributed by atoms with Crippen LogP contribution >= 0.6 is 0 Å². The molecule has 0 spiro atoms. The average Bonchev–Trinajstić information content (AvgIpc) is 2.79. The number of carbonyl (C=O) groups is 3. The lowest BCUT2D eigenvalue weighted by molar-refractivity contribution is -0.130. The summed E-state index contributed by atoms with van der Waals surface area (Å²) in [5.41, 5.74) is 1.01. The highest BCUT2D eigenvalue weighted by Crippen LogP contribution is 2.16. The number of aryl methyl sites for hydroxylation is 1. The fourth-order valence-electron chi connectivity index (χ4n) is 2.63. The molecule has 1 saturated heterocycles. The van der Waals surface area contributed by atoms with E-state index in [4.69, 9.17) is 5.11 Å². The highest BCUT2D eigenvalue weighted by Gasteiger charge is 2.34. The van der Waals surface area contributed by atoms with Gasteiger partial charge in [0.05, 0.1) is 5.56 Å². The molecule has 0 radical (unpaired) electrons. The van der Waals surface area contributed by atoms with E-state index in [2.05, 4.69) is 5.32 Å². The zero-order valence-corrected chi connectivity index (χ0v) is 12.9. The highest BCUT2D eigenvalue weighted by molar-refractivity contribution is 6.00. The van der Waals surface area contributed by atoms with E-state index in [0.717, 1.165) is 0 Å². The molecule has 1 aliphatic rings. The third-order valence-electron chi connectivity index (χ3n) is 3.76. The second kappa shape index (κ2) is 6.17. The summed E-state index contributed by atoms with van der Waals surface area (Å²) in [6, 6.07) is 4.00. The average molecular weight is 304 g/mol. The van der Waals surface area contributed by atoms with Gasteiger partial charge in [-0.15, -0.1) is 0 Å². The lowest BCUT2D eigenvalue weighted by Crippen LogP contribution is -2.43. The van der Waals surface area contributed by atoms with E-state index in [1.165, 1.54) is 12.1 Å². The van der Waals surface area contributed by atoms with Gasteiger partial charge in [0.15, 0.2) is 0 Å². The Bertz CT molecular complexity index is 625. The van der Waals surface area contributed by atoms with Crippen molar-refractivity contribution in [1.29, 1.82) is 0 Å². The van der Waals surface area contributed by atoms with Gasteiger partial charge in [0.2, 0.25) is 5.91 Å². The van der Waals surface area contributed by atoms with E-state index >= 15 is 0 Å². The first-order chi connectivity index (χ1) is 10.3. The van der Waals surface area contributed by atoms with E-state index in [9.17, 15) is 14.4 Å². The number of benzene rings is 1. The van der Waals surface area contributed by atoms with Crippen LogP contribution in [0.5, 0.6) is 0 Å². The lowest BCUT2D eigenvalue weighted by Gasteiger charge is -2.21. The summed E-state index contributed by atoms with van der Waals surface area (Å²) in [4.78, 5) is 37.2. The van der Waals surface area contributed by atoms with Gasteiger partial charge >= 0.3 is 5.97 Å². The second-order valence-electron chi connectivity index (χ2n) is 5.83. The van der Waals surface area contributed by atoms with Gasteiger partial charge in [-0.3, -0.25) is 9.59 Å². The smallest absolute Gasteiger partial charge is 0.335 e. The fraction of sp³-hybridized carbons (Fsp3) is 0.438. The van der Waals surface area contributed by atoms with Crippen LogP contribution in [0.25, 0.3) is 0 Å². The summed E-state index contributed by atoms with van der Waals surface area (Å²) in [5, 5.41) is 11.7. The summed E-state index contributed by atoms with van der Waals surface area (Å²) in [6.07, 6.45) is 0.570. The van der Waals surface area contributed by atoms with E-state index in [-0.39, 0.29) is 23.1 Å². The summed E-state index contributed by atoms with van der Waals surface area (Å²) in [6.45, 7) is 6.21. The normalized spacial score (nSPS) is 17.9. The van der Waals surface area contributed by atoms with Gasteiger partial charge in [-0.25, -0.2) is 4.79 Å². The molecule has 1 aromatic rings. The molecule has 6 heteroatoms. The molecule has 1 heterocycles. The summed E-state index contributed by atoms with van der Waals surface area (Å²) < 4.78 is 0. The number of nitrogens with zero attached hydrogens (tertiary/aromatic N) is 1. The largest absolute Gasteiger partial charge is 0.478 e. The molecular weight excluding hydrogens is 284 g/mol. The second-order valence-corrected chi connectivity index (χ2v) is 5.83. The molecule has 22 heavy (non-hydrogen) atoms. The number of carbonyl (C=O) groups excluding carboxylic acids is 2. The lowest BCUT2D eigenvalue weighted by atomic mass is 10.1. The topological polar surface area (TPSA) is 86.7 Å². The molecule has 1 atom stereocenters. The Kier molecular flexibility index (Phi) is 4.49. The number of hydrogen-bond donors (Lipinski definition) is 2. The molecule has 2 N–H and O–H groups in total. The molecule has 0 bridgehead atoms. The number of nitrogens with one attached hydrogen (secondary N) is 1. The van der Waals surface area contributed by atoms with Crippen LogP contribution in [-0.2, 0) is 4.79 Å². The third-order valence-corrected chi connectivity index (χ3v) is 3.76. The van der Waals surface area contributed by atoms with Gasteiger partial charge < -0.3 is 15.3 Å². The fourth-order valence-corrected chi connectivity index (χ4v) is 2.63. The molecular formula is C16H20N2O4. The Morgan fingerprint density at radius 2 is 1.91 bits per heavy atom. The highest BCUT2D eigenvalue weighted by atomic mass is 16.4. The van der Waals surface area contributed by atoms with Crippen molar-refractivity contribution in [3.63, 3.8) is 0 Å². The summed E-state index contributed by atoms with van der Waals surface area (Å²) in [7, 11) is 0.